The van der Waals surface area contributed by atoms with Crippen LogP contribution in [0.5, 0.6) is 0 Å². The summed E-state index contributed by atoms with van der Waals surface area (Å²) in [5, 5.41) is 10.5. The molecule has 0 saturated carbocycles. The largest absolute Gasteiger partial charge is 0.455 e. The third-order valence-corrected chi connectivity index (χ3v) is 12.4. The number of furan rings is 1. The maximum Gasteiger partial charge on any atom is 0.160 e. The van der Waals surface area contributed by atoms with Gasteiger partial charge in [0.05, 0.1) is 0 Å². The van der Waals surface area contributed by atoms with Gasteiger partial charge in [0.25, 0.3) is 0 Å². The number of nitrogens with one attached hydrogen (secondary N) is 1. The van der Waals surface area contributed by atoms with Crippen LogP contribution in [-0.4, -0.2) is 11.7 Å². The lowest BCUT2D eigenvalue weighted by Gasteiger charge is -2.24. The lowest BCUT2D eigenvalue weighted by Crippen LogP contribution is -2.33. The topological polar surface area (TPSA) is 49.9 Å². The molecule has 0 fully saturated rings. The average Bonchev–Trinajstić information content (AvgIpc) is 3.76. The van der Waals surface area contributed by atoms with E-state index in [0.29, 0.717) is 5.84 Å². The van der Waals surface area contributed by atoms with Crippen LogP contribution >= 0.6 is 0 Å². The summed E-state index contributed by atoms with van der Waals surface area (Å²) in [6, 6.07) is 79.4. The summed E-state index contributed by atoms with van der Waals surface area (Å²) in [7, 11) is 0. The lowest BCUT2D eigenvalue weighted by atomic mass is 9.91. The molecule has 11 aromatic rings. The van der Waals surface area contributed by atoms with E-state index in [9.17, 15) is 0 Å². The van der Waals surface area contributed by atoms with Gasteiger partial charge in [0, 0.05) is 27.5 Å². The molecule has 0 saturated heterocycles. The summed E-state index contributed by atoms with van der Waals surface area (Å²) in [5.74, 6) is 1.48. The van der Waals surface area contributed by atoms with Crippen molar-refractivity contribution in [1.82, 2.24) is 5.32 Å². The van der Waals surface area contributed by atoms with Crippen LogP contribution in [0.15, 0.2) is 239 Å². The molecule has 0 bridgehead atoms. The molecule has 12 rings (SSSR count). The van der Waals surface area contributed by atoms with Crippen LogP contribution in [-0.2, 0) is 0 Å². The molecule has 1 atom stereocenters. The summed E-state index contributed by atoms with van der Waals surface area (Å²) in [6.07, 6.45) is -0.342. The highest BCUT2D eigenvalue weighted by molar-refractivity contribution is 6.21. The Bertz CT molecular complexity index is 3590. The fourth-order valence-electron chi connectivity index (χ4n) is 9.23. The maximum absolute atomic E-state index is 6.79. The van der Waals surface area contributed by atoms with Gasteiger partial charge in [-0.25, -0.2) is 9.98 Å². The highest BCUT2D eigenvalue weighted by Gasteiger charge is 2.24. The Kier molecular flexibility index (Phi) is 8.86. The zero-order valence-electron chi connectivity index (χ0n) is 34.2. The monoisotopic (exact) mass is 805 g/mol. The van der Waals surface area contributed by atoms with Crippen LogP contribution in [0.4, 0.5) is 0 Å². The van der Waals surface area contributed by atoms with E-state index in [-0.39, 0.29) is 6.17 Å². The lowest BCUT2D eigenvalue weighted by molar-refractivity contribution is 0.670. The molecule has 1 aromatic heterocycles. The summed E-state index contributed by atoms with van der Waals surface area (Å²) in [4.78, 5) is 10.6. The Balaban J connectivity index is 0.957. The number of rotatable bonds is 7. The minimum atomic E-state index is -0.342. The van der Waals surface area contributed by atoms with Crippen LogP contribution < -0.4 is 5.32 Å². The molecule has 63 heavy (non-hydrogen) atoms. The molecule has 0 amide bonds. The molecule has 1 aliphatic heterocycles. The quantitative estimate of drug-likeness (QED) is 0.174. The van der Waals surface area contributed by atoms with E-state index in [0.717, 1.165) is 83.1 Å². The van der Waals surface area contributed by atoms with Crippen molar-refractivity contribution in [3.05, 3.63) is 241 Å². The Morgan fingerprint density at radius 3 is 1.79 bits per heavy atom. The van der Waals surface area contributed by atoms with E-state index in [2.05, 4.69) is 212 Å². The molecule has 4 heteroatoms. The summed E-state index contributed by atoms with van der Waals surface area (Å²) in [6.45, 7) is 0. The van der Waals surface area contributed by atoms with Gasteiger partial charge >= 0.3 is 0 Å². The smallest absolute Gasteiger partial charge is 0.160 e. The van der Waals surface area contributed by atoms with Gasteiger partial charge in [0.15, 0.2) is 5.84 Å². The number of fused-ring (bicyclic) bond motifs is 5. The molecule has 1 N–H and O–H groups in total. The van der Waals surface area contributed by atoms with Crippen molar-refractivity contribution in [2.45, 2.75) is 6.17 Å². The normalized spacial score (nSPS) is 13.9. The van der Waals surface area contributed by atoms with Crippen molar-refractivity contribution in [3.8, 4) is 44.5 Å². The first-order valence-electron chi connectivity index (χ1n) is 21.4. The zero-order chi connectivity index (χ0) is 41.7. The maximum atomic E-state index is 6.79. The zero-order valence-corrected chi connectivity index (χ0v) is 34.2. The fraction of sp³-hybridized carbons (Fsp3) is 0.0169. The van der Waals surface area contributed by atoms with Gasteiger partial charge in [-0.2, -0.15) is 0 Å². The highest BCUT2D eigenvalue weighted by Crippen LogP contribution is 2.43. The van der Waals surface area contributed by atoms with Gasteiger partial charge < -0.3 is 9.73 Å². The van der Waals surface area contributed by atoms with E-state index >= 15 is 0 Å². The molecule has 1 unspecified atom stereocenters. The predicted octanol–water partition coefficient (Wildman–Crippen LogP) is 15.1. The van der Waals surface area contributed by atoms with Crippen molar-refractivity contribution in [3.63, 3.8) is 0 Å². The molecule has 1 aliphatic rings. The Labute approximate surface area is 365 Å². The van der Waals surface area contributed by atoms with Crippen LogP contribution in [0, 0.1) is 0 Å². The molecule has 10 aromatic carbocycles. The van der Waals surface area contributed by atoms with Gasteiger partial charge in [-0.15, -0.1) is 0 Å². The minimum absolute atomic E-state index is 0.342. The molecule has 0 aliphatic carbocycles. The van der Waals surface area contributed by atoms with Crippen molar-refractivity contribution >= 4 is 55.2 Å². The Hall–Kier alpha value is -8.34. The van der Waals surface area contributed by atoms with Crippen molar-refractivity contribution in [2.75, 3.05) is 0 Å². The Morgan fingerprint density at radius 2 is 0.968 bits per heavy atom. The van der Waals surface area contributed by atoms with E-state index in [1.807, 2.05) is 18.2 Å². The first-order chi connectivity index (χ1) is 31.2. The molecular weight excluding hydrogens is 767 g/mol. The molecule has 2 heterocycles. The van der Waals surface area contributed by atoms with Gasteiger partial charge in [-0.05, 0) is 90.3 Å². The number of hydrogen-bond acceptors (Lipinski definition) is 4. The van der Waals surface area contributed by atoms with E-state index in [1.165, 1.54) is 27.5 Å². The average molecular weight is 806 g/mol. The van der Waals surface area contributed by atoms with Gasteiger partial charge in [0.2, 0.25) is 0 Å². The summed E-state index contributed by atoms with van der Waals surface area (Å²) < 4.78 is 6.79. The van der Waals surface area contributed by atoms with Crippen molar-refractivity contribution in [1.29, 1.82) is 0 Å². The summed E-state index contributed by atoms with van der Waals surface area (Å²) >= 11 is 0. The summed E-state index contributed by atoms with van der Waals surface area (Å²) in [5.41, 5.74) is 13.9. The second-order valence-electron chi connectivity index (χ2n) is 16.1. The number of hydrogen-bond donors (Lipinski definition) is 1. The number of amidine groups is 2. The van der Waals surface area contributed by atoms with Crippen LogP contribution in [0.1, 0.15) is 22.9 Å². The van der Waals surface area contributed by atoms with Gasteiger partial charge in [-0.3, -0.25) is 0 Å². The van der Waals surface area contributed by atoms with E-state index < -0.39 is 0 Å². The van der Waals surface area contributed by atoms with Crippen molar-refractivity contribution in [2.24, 2.45) is 9.98 Å². The standard InChI is InChI=1S/C59H39N3O/c1-3-14-38(15-4-1)44-20-11-21-46(37-44)47-24-12-26-53-55-51(25-13-27-54(55)63-56(47)53)50-34-35-52(49-23-10-9-22-48(49)50)59-61-57(41-17-5-2-6-18-41)60-58(62-59)42-31-28-40(29-32-42)45-33-30-39-16-7-8-19-43(39)36-45/h1-37,58H,(H,60,61,62). The van der Waals surface area contributed by atoms with Crippen LogP contribution in [0.25, 0.3) is 88.0 Å². The molecule has 0 radical (unpaired) electrons. The molecule has 296 valence electrons. The first kappa shape index (κ1) is 36.5. The molecule has 4 nitrogen and oxygen atoms in total. The van der Waals surface area contributed by atoms with Crippen LogP contribution in [0.2, 0.25) is 0 Å². The van der Waals surface area contributed by atoms with Crippen LogP contribution in [0.3, 0.4) is 0 Å². The predicted molar refractivity (Wildman–Crippen MR) is 262 cm³/mol. The number of benzene rings is 10. The third-order valence-electron chi connectivity index (χ3n) is 12.4. The van der Waals surface area contributed by atoms with E-state index in [1.54, 1.807) is 0 Å². The number of nitrogens with zero attached hydrogens (tertiary/aromatic N) is 2. The highest BCUT2D eigenvalue weighted by atomic mass is 16.3. The minimum Gasteiger partial charge on any atom is -0.455 e. The number of aliphatic imine (C=N–C) groups is 2. The first-order valence-corrected chi connectivity index (χ1v) is 21.4. The molecular formula is C59H39N3O. The van der Waals surface area contributed by atoms with Gasteiger partial charge in [0.1, 0.15) is 23.2 Å². The Morgan fingerprint density at radius 1 is 0.381 bits per heavy atom. The van der Waals surface area contributed by atoms with Gasteiger partial charge in [-0.1, -0.05) is 200 Å². The molecule has 0 spiro atoms. The van der Waals surface area contributed by atoms with E-state index in [4.69, 9.17) is 14.4 Å². The second-order valence-corrected chi connectivity index (χ2v) is 16.1. The third kappa shape index (κ3) is 6.57. The fourth-order valence-corrected chi connectivity index (χ4v) is 9.23. The second kappa shape index (κ2) is 15.3. The van der Waals surface area contributed by atoms with Crippen molar-refractivity contribution < 1.29 is 4.42 Å². The SMILES string of the molecule is c1ccc(C2=NC(c3ccc(-c4cccc5oc6c(-c7cccc(-c8ccccc8)c7)cccc6c45)c4ccccc34)=NC(c3ccc(-c4ccc5ccccc5c4)cc3)N2)cc1. The number of para-hydroxylation sites is 1.